The van der Waals surface area contributed by atoms with Crippen LogP contribution in [0.25, 0.3) is 0 Å². The molecule has 2 N–H and O–H groups in total. The summed E-state index contributed by atoms with van der Waals surface area (Å²) in [6.07, 6.45) is -1.85. The third-order valence-corrected chi connectivity index (χ3v) is 2.73. The van der Waals surface area contributed by atoms with Gasteiger partial charge in [-0.2, -0.15) is 5.10 Å². The minimum Gasteiger partial charge on any atom is -0.388 e. The largest absolute Gasteiger partial charge is 0.388 e. The summed E-state index contributed by atoms with van der Waals surface area (Å²) in [5.74, 6) is -0.406. The fraction of sp³-hybridized carbons (Fsp3) is 0.500. The van der Waals surface area contributed by atoms with Crippen LogP contribution in [0.5, 0.6) is 0 Å². The molecule has 7 heteroatoms. The number of aliphatic hydroxyl groups excluding tert-OH is 2. The van der Waals surface area contributed by atoms with Crippen molar-refractivity contribution in [3.05, 3.63) is 28.2 Å². The molecular weight excluding hydrogens is 226 g/mol. The Kier molecular flexibility index (Phi) is 2.95. The van der Waals surface area contributed by atoms with Crippen LogP contribution in [0.1, 0.15) is 10.5 Å². The summed E-state index contributed by atoms with van der Waals surface area (Å²) < 4.78 is 1.07. The number of carbonyl (C=O) groups is 1. The Morgan fingerprint density at radius 2 is 1.94 bits per heavy atom. The number of carbonyl (C=O) groups excluding carboxylic acids is 1. The average Bonchev–Trinajstić information content (AvgIpc) is 2.62. The SMILES string of the molecule is Cn1nc(C(=O)N2CC(O)C(O)C2)ccc1=O. The molecule has 1 fully saturated rings. The Morgan fingerprint density at radius 3 is 2.47 bits per heavy atom. The lowest BCUT2D eigenvalue weighted by molar-refractivity contribution is 0.0572. The zero-order valence-electron chi connectivity index (χ0n) is 9.28. The first-order chi connectivity index (χ1) is 7.99. The standard InChI is InChI=1S/C10H13N3O4/c1-12-9(16)3-2-6(11-12)10(17)13-4-7(14)8(15)5-13/h2-3,7-8,14-15H,4-5H2,1H3. The number of rotatable bonds is 1. The first-order valence-electron chi connectivity index (χ1n) is 5.19. The molecule has 0 spiro atoms. The van der Waals surface area contributed by atoms with Crippen LogP contribution in [0.2, 0.25) is 0 Å². The molecule has 1 saturated heterocycles. The van der Waals surface area contributed by atoms with Gasteiger partial charge in [0.25, 0.3) is 11.5 Å². The lowest BCUT2D eigenvalue weighted by atomic mass is 10.3. The summed E-state index contributed by atoms with van der Waals surface area (Å²) in [5.41, 5.74) is -0.184. The minimum absolute atomic E-state index is 0.0739. The number of likely N-dealkylation sites (tertiary alicyclic amines) is 1. The van der Waals surface area contributed by atoms with Gasteiger partial charge < -0.3 is 15.1 Å². The lowest BCUT2D eigenvalue weighted by Crippen LogP contribution is -2.32. The Bertz CT molecular complexity index is 489. The summed E-state index contributed by atoms with van der Waals surface area (Å²) >= 11 is 0. The van der Waals surface area contributed by atoms with Crippen molar-refractivity contribution in [1.29, 1.82) is 0 Å². The normalized spacial score (nSPS) is 24.1. The number of nitrogens with zero attached hydrogens (tertiary/aromatic N) is 3. The van der Waals surface area contributed by atoms with Gasteiger partial charge in [-0.25, -0.2) is 4.68 Å². The zero-order chi connectivity index (χ0) is 12.6. The summed E-state index contributed by atoms with van der Waals surface area (Å²) in [6.45, 7) is 0.148. The Morgan fingerprint density at radius 1 is 1.35 bits per heavy atom. The molecule has 0 aliphatic carbocycles. The van der Waals surface area contributed by atoms with Gasteiger partial charge in [0, 0.05) is 26.2 Å². The van der Waals surface area contributed by atoms with Gasteiger partial charge in [-0.05, 0) is 6.07 Å². The monoisotopic (exact) mass is 239 g/mol. The topological polar surface area (TPSA) is 95.7 Å². The molecule has 0 bridgehead atoms. The molecule has 92 valence electrons. The molecule has 0 radical (unpaired) electrons. The van der Waals surface area contributed by atoms with E-state index in [2.05, 4.69) is 5.10 Å². The van der Waals surface area contributed by atoms with Gasteiger partial charge in [0.1, 0.15) is 5.69 Å². The second kappa shape index (κ2) is 4.27. The first kappa shape index (κ1) is 11.7. The number of aryl methyl sites for hydroxylation is 1. The molecule has 1 amide bonds. The molecule has 7 nitrogen and oxygen atoms in total. The van der Waals surface area contributed by atoms with Crippen molar-refractivity contribution < 1.29 is 15.0 Å². The smallest absolute Gasteiger partial charge is 0.274 e. The van der Waals surface area contributed by atoms with E-state index in [-0.39, 0.29) is 24.3 Å². The molecule has 0 aromatic carbocycles. The Hall–Kier alpha value is -1.73. The molecular formula is C10H13N3O4. The fourth-order valence-electron chi connectivity index (χ4n) is 1.71. The van der Waals surface area contributed by atoms with Crippen molar-refractivity contribution in [3.8, 4) is 0 Å². The van der Waals surface area contributed by atoms with E-state index >= 15 is 0 Å². The summed E-state index contributed by atoms with van der Waals surface area (Å²) in [6, 6.07) is 2.59. The summed E-state index contributed by atoms with van der Waals surface area (Å²) in [5, 5.41) is 22.5. The predicted molar refractivity (Wildman–Crippen MR) is 57.4 cm³/mol. The highest BCUT2D eigenvalue weighted by Gasteiger charge is 2.33. The number of hydrogen-bond donors (Lipinski definition) is 2. The molecule has 2 heterocycles. The maximum atomic E-state index is 11.9. The van der Waals surface area contributed by atoms with Gasteiger partial charge in [0.15, 0.2) is 0 Å². The summed E-state index contributed by atoms with van der Waals surface area (Å²) in [7, 11) is 1.45. The molecule has 2 atom stereocenters. The maximum absolute atomic E-state index is 11.9. The van der Waals surface area contributed by atoms with Gasteiger partial charge in [0.2, 0.25) is 0 Å². The van der Waals surface area contributed by atoms with Crippen LogP contribution in [-0.4, -0.2) is 56.1 Å². The van der Waals surface area contributed by atoms with E-state index in [4.69, 9.17) is 0 Å². The molecule has 1 aromatic heterocycles. The first-order valence-corrected chi connectivity index (χ1v) is 5.19. The van der Waals surface area contributed by atoms with E-state index in [1.807, 2.05) is 0 Å². The highest BCUT2D eigenvalue weighted by Crippen LogP contribution is 2.12. The van der Waals surface area contributed by atoms with E-state index in [1.165, 1.54) is 24.1 Å². The molecule has 1 aromatic rings. The van der Waals surface area contributed by atoms with Crippen LogP contribution in [0.4, 0.5) is 0 Å². The third-order valence-electron chi connectivity index (χ3n) is 2.73. The van der Waals surface area contributed by atoms with Crippen molar-refractivity contribution in [3.63, 3.8) is 0 Å². The minimum atomic E-state index is -0.925. The Balaban J connectivity index is 2.20. The molecule has 1 aliphatic rings. The summed E-state index contributed by atoms with van der Waals surface area (Å²) in [4.78, 5) is 24.3. The average molecular weight is 239 g/mol. The van der Waals surface area contributed by atoms with Crippen molar-refractivity contribution in [2.45, 2.75) is 12.2 Å². The van der Waals surface area contributed by atoms with Gasteiger partial charge in [-0.15, -0.1) is 0 Å². The highest BCUT2D eigenvalue weighted by atomic mass is 16.3. The van der Waals surface area contributed by atoms with Gasteiger partial charge in [-0.1, -0.05) is 0 Å². The number of β-amino-alcohol motifs (C(OH)–C–C–N with tert-alkyl or cyclic N) is 2. The number of hydrogen-bond acceptors (Lipinski definition) is 5. The zero-order valence-corrected chi connectivity index (χ0v) is 9.28. The number of aliphatic hydroxyl groups is 2. The highest BCUT2D eigenvalue weighted by molar-refractivity contribution is 5.92. The van der Waals surface area contributed by atoms with Crippen LogP contribution in [0.15, 0.2) is 16.9 Å². The molecule has 17 heavy (non-hydrogen) atoms. The van der Waals surface area contributed by atoms with Crippen molar-refractivity contribution in [2.24, 2.45) is 7.05 Å². The van der Waals surface area contributed by atoms with Gasteiger partial charge >= 0.3 is 0 Å². The van der Waals surface area contributed by atoms with Crippen molar-refractivity contribution >= 4 is 5.91 Å². The van der Waals surface area contributed by atoms with Crippen LogP contribution in [-0.2, 0) is 7.05 Å². The molecule has 2 unspecified atom stereocenters. The van der Waals surface area contributed by atoms with Crippen molar-refractivity contribution in [1.82, 2.24) is 14.7 Å². The van der Waals surface area contributed by atoms with E-state index in [1.54, 1.807) is 0 Å². The molecule has 2 rings (SSSR count). The van der Waals surface area contributed by atoms with Crippen LogP contribution in [0, 0.1) is 0 Å². The molecule has 1 aliphatic heterocycles. The molecule has 0 saturated carbocycles. The Labute approximate surface area is 96.9 Å². The number of amides is 1. The van der Waals surface area contributed by atoms with Gasteiger partial charge in [-0.3, -0.25) is 9.59 Å². The second-order valence-corrected chi connectivity index (χ2v) is 4.03. The van der Waals surface area contributed by atoms with Gasteiger partial charge in [0.05, 0.1) is 12.2 Å². The van der Waals surface area contributed by atoms with Crippen LogP contribution >= 0.6 is 0 Å². The fourth-order valence-corrected chi connectivity index (χ4v) is 1.71. The maximum Gasteiger partial charge on any atom is 0.274 e. The third kappa shape index (κ3) is 2.20. The quantitative estimate of drug-likeness (QED) is 0.588. The second-order valence-electron chi connectivity index (χ2n) is 4.03. The predicted octanol–water partition coefficient (Wildman–Crippen LogP) is -2.04. The van der Waals surface area contributed by atoms with E-state index < -0.39 is 18.1 Å². The lowest BCUT2D eigenvalue weighted by Gasteiger charge is -2.14. The van der Waals surface area contributed by atoms with E-state index in [0.29, 0.717) is 0 Å². The van der Waals surface area contributed by atoms with E-state index in [0.717, 1.165) is 4.68 Å². The van der Waals surface area contributed by atoms with Crippen LogP contribution in [0.3, 0.4) is 0 Å². The van der Waals surface area contributed by atoms with E-state index in [9.17, 15) is 19.8 Å². The number of aromatic nitrogens is 2. The van der Waals surface area contributed by atoms with Crippen LogP contribution < -0.4 is 5.56 Å². The van der Waals surface area contributed by atoms with Crippen molar-refractivity contribution in [2.75, 3.05) is 13.1 Å².